The minimum atomic E-state index is -0.252. The van der Waals surface area contributed by atoms with Gasteiger partial charge in [-0.1, -0.05) is 16.8 Å². The molecular formula is C17H14ClN3O3S. The number of hydrogen-bond acceptors (Lipinski definition) is 6. The van der Waals surface area contributed by atoms with E-state index in [-0.39, 0.29) is 24.5 Å². The summed E-state index contributed by atoms with van der Waals surface area (Å²) in [5, 5.41) is 8.92. The molecule has 0 saturated heterocycles. The number of benzene rings is 1. The fourth-order valence-electron chi connectivity index (χ4n) is 2.18. The molecule has 3 rings (SSSR count). The molecular weight excluding hydrogens is 362 g/mol. The van der Waals surface area contributed by atoms with E-state index in [4.69, 9.17) is 16.1 Å². The second-order valence-electron chi connectivity index (χ2n) is 5.29. The summed E-state index contributed by atoms with van der Waals surface area (Å²) in [5.41, 5.74) is 1.13. The van der Waals surface area contributed by atoms with Gasteiger partial charge in [0.15, 0.2) is 11.6 Å². The van der Waals surface area contributed by atoms with Gasteiger partial charge in [-0.15, -0.1) is 11.3 Å². The van der Waals surface area contributed by atoms with Crippen LogP contribution < -0.4 is 5.32 Å². The first-order valence-corrected chi connectivity index (χ1v) is 8.75. The summed E-state index contributed by atoms with van der Waals surface area (Å²) >= 11 is 7.19. The molecule has 0 unspecified atom stereocenters. The van der Waals surface area contributed by atoms with E-state index in [1.54, 1.807) is 37.3 Å². The monoisotopic (exact) mass is 375 g/mol. The lowest BCUT2D eigenvalue weighted by Crippen LogP contribution is -2.13. The molecule has 3 aromatic rings. The SMILES string of the molecule is Cc1noc(-c2sccc2NC(=O)CCC(=O)c2ccc(Cl)cc2)n1. The molecule has 0 bridgehead atoms. The summed E-state index contributed by atoms with van der Waals surface area (Å²) in [6.45, 7) is 1.72. The van der Waals surface area contributed by atoms with Crippen molar-refractivity contribution in [1.29, 1.82) is 0 Å². The average molecular weight is 376 g/mol. The number of Topliss-reactive ketones (excluding diaryl/α,β-unsaturated/α-hetero) is 1. The highest BCUT2D eigenvalue weighted by Crippen LogP contribution is 2.32. The number of aromatic nitrogens is 2. The van der Waals surface area contributed by atoms with Crippen LogP contribution in [0.4, 0.5) is 5.69 Å². The van der Waals surface area contributed by atoms with Crippen LogP contribution in [0.25, 0.3) is 10.8 Å². The van der Waals surface area contributed by atoms with Crippen molar-refractivity contribution in [2.24, 2.45) is 0 Å². The minimum Gasteiger partial charge on any atom is -0.333 e. The van der Waals surface area contributed by atoms with E-state index in [9.17, 15) is 9.59 Å². The number of hydrogen-bond donors (Lipinski definition) is 1. The van der Waals surface area contributed by atoms with Gasteiger partial charge in [0.2, 0.25) is 5.91 Å². The normalized spacial score (nSPS) is 10.6. The number of aryl methyl sites for hydroxylation is 1. The Bertz CT molecular complexity index is 902. The Morgan fingerprint density at radius 3 is 2.64 bits per heavy atom. The zero-order chi connectivity index (χ0) is 17.8. The number of carbonyl (C=O) groups is 2. The second kappa shape index (κ2) is 7.58. The zero-order valence-corrected chi connectivity index (χ0v) is 14.9. The Labute approximate surface area is 152 Å². The number of anilines is 1. The average Bonchev–Trinajstić information content (AvgIpc) is 3.22. The molecule has 1 aromatic carbocycles. The number of thiophene rings is 1. The van der Waals surface area contributed by atoms with E-state index >= 15 is 0 Å². The van der Waals surface area contributed by atoms with Gasteiger partial charge in [-0.3, -0.25) is 9.59 Å². The van der Waals surface area contributed by atoms with Crippen LogP contribution in [0.3, 0.4) is 0 Å². The summed E-state index contributed by atoms with van der Waals surface area (Å²) in [7, 11) is 0. The Morgan fingerprint density at radius 1 is 1.20 bits per heavy atom. The fourth-order valence-corrected chi connectivity index (χ4v) is 3.08. The number of amides is 1. The highest BCUT2D eigenvalue weighted by Gasteiger charge is 2.16. The molecule has 25 heavy (non-hydrogen) atoms. The molecule has 6 nitrogen and oxygen atoms in total. The molecule has 0 aliphatic rings. The first-order valence-electron chi connectivity index (χ1n) is 7.50. The van der Waals surface area contributed by atoms with Gasteiger partial charge >= 0.3 is 0 Å². The molecule has 1 N–H and O–H groups in total. The maximum absolute atomic E-state index is 12.1. The van der Waals surface area contributed by atoms with Gasteiger partial charge in [0, 0.05) is 23.4 Å². The molecule has 0 spiro atoms. The molecule has 0 fully saturated rings. The molecule has 0 saturated carbocycles. The van der Waals surface area contributed by atoms with Crippen LogP contribution >= 0.6 is 22.9 Å². The molecule has 0 aliphatic heterocycles. The van der Waals surface area contributed by atoms with Gasteiger partial charge in [0.05, 0.1) is 5.69 Å². The van der Waals surface area contributed by atoms with Crippen molar-refractivity contribution in [3.8, 4) is 10.8 Å². The van der Waals surface area contributed by atoms with Gasteiger partial charge in [-0.25, -0.2) is 0 Å². The van der Waals surface area contributed by atoms with E-state index in [1.165, 1.54) is 11.3 Å². The molecule has 8 heteroatoms. The van der Waals surface area contributed by atoms with Crippen molar-refractivity contribution in [2.45, 2.75) is 19.8 Å². The van der Waals surface area contributed by atoms with Gasteiger partial charge in [0.25, 0.3) is 5.89 Å². The van der Waals surface area contributed by atoms with Crippen molar-refractivity contribution >= 4 is 40.3 Å². The standard InChI is InChI=1S/C17H14ClN3O3S/c1-10-19-17(24-21-10)16-13(8-9-25-16)20-15(23)7-6-14(22)11-2-4-12(18)5-3-11/h2-5,8-9H,6-7H2,1H3,(H,20,23). The molecule has 0 radical (unpaired) electrons. The number of nitrogens with zero attached hydrogens (tertiary/aromatic N) is 2. The molecule has 2 heterocycles. The summed E-state index contributed by atoms with van der Waals surface area (Å²) < 4.78 is 5.13. The van der Waals surface area contributed by atoms with Crippen LogP contribution in [0, 0.1) is 6.92 Å². The van der Waals surface area contributed by atoms with E-state index in [0.29, 0.717) is 32.9 Å². The maximum atomic E-state index is 12.1. The van der Waals surface area contributed by atoms with Crippen LogP contribution in [0.1, 0.15) is 29.0 Å². The number of carbonyl (C=O) groups excluding carboxylic acids is 2. The van der Waals surface area contributed by atoms with Gasteiger partial charge in [0.1, 0.15) is 4.88 Å². The lowest BCUT2D eigenvalue weighted by Gasteiger charge is -2.05. The lowest BCUT2D eigenvalue weighted by atomic mass is 10.1. The van der Waals surface area contributed by atoms with Crippen LogP contribution in [0.2, 0.25) is 5.02 Å². The van der Waals surface area contributed by atoms with Crippen LogP contribution in [-0.2, 0) is 4.79 Å². The van der Waals surface area contributed by atoms with Gasteiger partial charge < -0.3 is 9.84 Å². The third-order valence-electron chi connectivity index (χ3n) is 3.41. The number of rotatable bonds is 6. The number of halogens is 1. The summed E-state index contributed by atoms with van der Waals surface area (Å²) in [5.74, 6) is 0.525. The Hall–Kier alpha value is -2.51. The predicted molar refractivity (Wildman–Crippen MR) is 96.0 cm³/mol. The lowest BCUT2D eigenvalue weighted by molar-refractivity contribution is -0.116. The molecule has 0 atom stereocenters. The highest BCUT2D eigenvalue weighted by molar-refractivity contribution is 7.14. The van der Waals surface area contributed by atoms with E-state index in [2.05, 4.69) is 15.5 Å². The predicted octanol–water partition coefficient (Wildman–Crippen LogP) is 4.36. The van der Waals surface area contributed by atoms with E-state index in [0.717, 1.165) is 0 Å². The van der Waals surface area contributed by atoms with Crippen molar-refractivity contribution in [3.05, 3.63) is 52.1 Å². The van der Waals surface area contributed by atoms with Crippen LogP contribution in [0.15, 0.2) is 40.2 Å². The fraction of sp³-hybridized carbons (Fsp3) is 0.176. The van der Waals surface area contributed by atoms with Gasteiger partial charge in [-0.05, 0) is 42.6 Å². The molecule has 1 amide bonds. The van der Waals surface area contributed by atoms with E-state index in [1.807, 2.05) is 5.38 Å². The Morgan fingerprint density at radius 2 is 1.96 bits per heavy atom. The maximum Gasteiger partial charge on any atom is 0.270 e. The Balaban J connectivity index is 1.59. The molecule has 2 aromatic heterocycles. The minimum absolute atomic E-state index is 0.0829. The molecule has 0 aliphatic carbocycles. The topological polar surface area (TPSA) is 85.1 Å². The van der Waals surface area contributed by atoms with Crippen LogP contribution in [0.5, 0.6) is 0 Å². The van der Waals surface area contributed by atoms with Crippen LogP contribution in [-0.4, -0.2) is 21.8 Å². The zero-order valence-electron chi connectivity index (χ0n) is 13.3. The van der Waals surface area contributed by atoms with Crippen molar-refractivity contribution < 1.29 is 14.1 Å². The summed E-state index contributed by atoms with van der Waals surface area (Å²) in [4.78, 5) is 29.1. The largest absolute Gasteiger partial charge is 0.333 e. The number of nitrogens with one attached hydrogen (secondary N) is 1. The van der Waals surface area contributed by atoms with Crippen molar-refractivity contribution in [1.82, 2.24) is 10.1 Å². The first kappa shape index (κ1) is 17.3. The van der Waals surface area contributed by atoms with E-state index < -0.39 is 0 Å². The van der Waals surface area contributed by atoms with Crippen molar-refractivity contribution in [2.75, 3.05) is 5.32 Å². The number of ketones is 1. The summed E-state index contributed by atoms with van der Waals surface area (Å²) in [6.07, 6.45) is 0.201. The second-order valence-corrected chi connectivity index (χ2v) is 6.64. The third kappa shape index (κ3) is 4.32. The van der Waals surface area contributed by atoms with Crippen molar-refractivity contribution in [3.63, 3.8) is 0 Å². The smallest absolute Gasteiger partial charge is 0.270 e. The summed E-state index contributed by atoms with van der Waals surface area (Å²) in [6, 6.07) is 8.37. The van der Waals surface area contributed by atoms with Gasteiger partial charge in [-0.2, -0.15) is 4.98 Å². The quantitative estimate of drug-likeness (QED) is 0.647. The Kier molecular flexibility index (Phi) is 5.25. The molecule has 128 valence electrons. The third-order valence-corrected chi connectivity index (χ3v) is 4.56. The first-order chi connectivity index (χ1) is 12.0. The highest BCUT2D eigenvalue weighted by atomic mass is 35.5.